The molecule has 2 aromatic heterocycles. The third-order valence-electron chi connectivity index (χ3n) is 6.20. The van der Waals surface area contributed by atoms with E-state index >= 15 is 0 Å². The van der Waals surface area contributed by atoms with Crippen LogP contribution >= 0.6 is 11.3 Å². The van der Waals surface area contributed by atoms with E-state index in [1.807, 2.05) is 25.3 Å². The van der Waals surface area contributed by atoms with Crippen LogP contribution in [0.3, 0.4) is 0 Å². The van der Waals surface area contributed by atoms with Gasteiger partial charge in [0.1, 0.15) is 12.1 Å². The smallest absolute Gasteiger partial charge is 0.252 e. The van der Waals surface area contributed by atoms with Gasteiger partial charge in [0, 0.05) is 24.3 Å². The number of pyridine rings is 1. The van der Waals surface area contributed by atoms with E-state index in [0.717, 1.165) is 5.56 Å². The number of hydrogen-bond donors (Lipinski definition) is 1. The summed E-state index contributed by atoms with van der Waals surface area (Å²) in [5.74, 6) is -0.635. The van der Waals surface area contributed by atoms with Crippen LogP contribution in [0.1, 0.15) is 42.6 Å². The molecule has 0 bridgehead atoms. The van der Waals surface area contributed by atoms with Gasteiger partial charge in [0.05, 0.1) is 24.6 Å². The highest BCUT2D eigenvalue weighted by atomic mass is 32.1. The minimum atomic E-state index is -0.718. The zero-order chi connectivity index (χ0) is 23.5. The van der Waals surface area contributed by atoms with E-state index in [4.69, 9.17) is 0 Å². The number of nitrogens with one attached hydrogen (secondary N) is 1. The van der Waals surface area contributed by atoms with Crippen molar-refractivity contribution in [1.82, 2.24) is 20.1 Å². The molecule has 2 aromatic rings. The first kappa shape index (κ1) is 23.1. The number of Topliss-reactive ketones (excluding diaryl/α,β-unsaturated/α-hetero) is 1. The molecule has 2 aliphatic heterocycles. The van der Waals surface area contributed by atoms with E-state index < -0.39 is 12.1 Å². The fraction of sp³-hybridized carbons (Fsp3) is 0.458. The molecule has 0 aliphatic carbocycles. The molecular formula is C24H28N4O4S. The molecule has 3 unspecified atom stereocenters. The lowest BCUT2D eigenvalue weighted by Gasteiger charge is -2.29. The van der Waals surface area contributed by atoms with Gasteiger partial charge in [0.25, 0.3) is 5.91 Å². The average molecular weight is 469 g/mol. The van der Waals surface area contributed by atoms with Crippen LogP contribution in [0, 0.1) is 5.92 Å². The van der Waals surface area contributed by atoms with Crippen LogP contribution in [0.2, 0.25) is 0 Å². The standard InChI is InChI=1S/C24H28N4O4S/c1-15(2)10-18(26-23(31)17-6-9-33-14-17)24(32)27-8-5-19-22(27)20(29)13-28(19)21(30)11-16-4-3-7-25-12-16/h3-4,6-7,9,12,14-15,18-19,22H,5,8,10-11,13H2,1-2H3,(H,26,31). The van der Waals surface area contributed by atoms with Gasteiger partial charge in [-0.3, -0.25) is 24.2 Å². The summed E-state index contributed by atoms with van der Waals surface area (Å²) in [4.78, 5) is 59.2. The molecule has 4 heterocycles. The summed E-state index contributed by atoms with van der Waals surface area (Å²) in [6.07, 6.45) is 4.48. The highest BCUT2D eigenvalue weighted by Gasteiger charge is 2.52. The quantitative estimate of drug-likeness (QED) is 0.669. The third-order valence-corrected chi connectivity index (χ3v) is 6.88. The Labute approximate surface area is 197 Å². The molecule has 1 N–H and O–H groups in total. The highest BCUT2D eigenvalue weighted by molar-refractivity contribution is 7.08. The van der Waals surface area contributed by atoms with Crippen molar-refractivity contribution in [3.8, 4) is 0 Å². The van der Waals surface area contributed by atoms with Crippen LogP contribution in [0.15, 0.2) is 41.4 Å². The zero-order valence-corrected chi connectivity index (χ0v) is 19.6. The van der Waals surface area contributed by atoms with Crippen LogP contribution < -0.4 is 5.32 Å². The maximum absolute atomic E-state index is 13.5. The van der Waals surface area contributed by atoms with E-state index in [1.165, 1.54) is 11.3 Å². The van der Waals surface area contributed by atoms with E-state index in [9.17, 15) is 19.2 Å². The van der Waals surface area contributed by atoms with Gasteiger partial charge in [0.2, 0.25) is 11.8 Å². The molecule has 2 aliphatic rings. The Bertz CT molecular complexity index is 1020. The Hall–Kier alpha value is -3.07. The maximum Gasteiger partial charge on any atom is 0.252 e. The van der Waals surface area contributed by atoms with Crippen molar-refractivity contribution in [1.29, 1.82) is 0 Å². The molecule has 9 heteroatoms. The summed E-state index contributed by atoms with van der Waals surface area (Å²) < 4.78 is 0. The molecule has 8 nitrogen and oxygen atoms in total. The van der Waals surface area contributed by atoms with Crippen LogP contribution in [-0.4, -0.2) is 69.5 Å². The minimum absolute atomic E-state index is 0.00825. The minimum Gasteiger partial charge on any atom is -0.340 e. The van der Waals surface area contributed by atoms with Crippen LogP contribution in [0.4, 0.5) is 0 Å². The lowest BCUT2D eigenvalue weighted by Crippen LogP contribution is -2.53. The van der Waals surface area contributed by atoms with Gasteiger partial charge >= 0.3 is 0 Å². The predicted octanol–water partition coefficient (Wildman–Crippen LogP) is 1.91. The molecular weight excluding hydrogens is 440 g/mol. The van der Waals surface area contributed by atoms with Crippen molar-refractivity contribution < 1.29 is 19.2 Å². The predicted molar refractivity (Wildman–Crippen MR) is 124 cm³/mol. The Balaban J connectivity index is 1.47. The first-order valence-corrected chi connectivity index (χ1v) is 12.1. The van der Waals surface area contributed by atoms with Crippen molar-refractivity contribution in [2.45, 2.75) is 51.2 Å². The molecule has 0 spiro atoms. The van der Waals surface area contributed by atoms with Crippen molar-refractivity contribution in [2.75, 3.05) is 13.1 Å². The Morgan fingerprint density at radius 2 is 2.06 bits per heavy atom. The van der Waals surface area contributed by atoms with E-state index in [-0.39, 0.29) is 48.4 Å². The normalized spacial score (nSPS) is 20.8. The summed E-state index contributed by atoms with van der Waals surface area (Å²) in [6, 6.07) is 3.63. The number of nitrogens with zero attached hydrogens (tertiary/aromatic N) is 3. The van der Waals surface area contributed by atoms with Gasteiger partial charge in [-0.05, 0) is 41.8 Å². The second-order valence-corrected chi connectivity index (χ2v) is 9.81. The summed E-state index contributed by atoms with van der Waals surface area (Å²) in [5, 5.41) is 6.42. The number of aromatic nitrogens is 1. The number of rotatable bonds is 7. The fourth-order valence-corrected chi connectivity index (χ4v) is 5.33. The molecule has 2 saturated heterocycles. The van der Waals surface area contributed by atoms with Gasteiger partial charge in [-0.25, -0.2) is 0 Å². The number of likely N-dealkylation sites (tertiary alicyclic amines) is 2. The van der Waals surface area contributed by atoms with Crippen LogP contribution in [0.25, 0.3) is 0 Å². The van der Waals surface area contributed by atoms with Gasteiger partial charge < -0.3 is 15.1 Å². The molecule has 0 aromatic carbocycles. The third kappa shape index (κ3) is 4.98. The van der Waals surface area contributed by atoms with Crippen molar-refractivity contribution in [2.24, 2.45) is 5.92 Å². The van der Waals surface area contributed by atoms with Crippen molar-refractivity contribution >= 4 is 34.8 Å². The summed E-state index contributed by atoms with van der Waals surface area (Å²) in [6.45, 7) is 4.38. The monoisotopic (exact) mass is 468 g/mol. The molecule has 3 amide bonds. The molecule has 0 saturated carbocycles. The topological polar surface area (TPSA) is 99.7 Å². The Morgan fingerprint density at radius 1 is 1.24 bits per heavy atom. The molecule has 33 heavy (non-hydrogen) atoms. The summed E-state index contributed by atoms with van der Waals surface area (Å²) in [5.41, 5.74) is 1.31. The molecule has 174 valence electrons. The molecule has 4 rings (SSSR count). The maximum atomic E-state index is 13.5. The lowest BCUT2D eigenvalue weighted by molar-refractivity contribution is -0.138. The summed E-state index contributed by atoms with van der Waals surface area (Å²) in [7, 11) is 0. The molecule has 3 atom stereocenters. The number of amides is 3. The number of thiophene rings is 1. The average Bonchev–Trinajstić information content (AvgIpc) is 3.52. The largest absolute Gasteiger partial charge is 0.340 e. The summed E-state index contributed by atoms with van der Waals surface area (Å²) >= 11 is 1.42. The number of hydrogen-bond acceptors (Lipinski definition) is 6. The fourth-order valence-electron chi connectivity index (χ4n) is 4.70. The molecule has 2 fully saturated rings. The first-order chi connectivity index (χ1) is 15.8. The van der Waals surface area contributed by atoms with E-state index in [1.54, 1.807) is 39.7 Å². The zero-order valence-electron chi connectivity index (χ0n) is 18.8. The Kier molecular flexibility index (Phi) is 6.88. The van der Waals surface area contributed by atoms with Gasteiger partial charge in [-0.15, -0.1) is 0 Å². The molecule has 0 radical (unpaired) electrons. The van der Waals surface area contributed by atoms with E-state index in [2.05, 4.69) is 10.3 Å². The van der Waals surface area contributed by atoms with E-state index in [0.29, 0.717) is 24.9 Å². The first-order valence-electron chi connectivity index (χ1n) is 11.2. The lowest BCUT2D eigenvalue weighted by atomic mass is 10.0. The van der Waals surface area contributed by atoms with Crippen LogP contribution in [0.5, 0.6) is 0 Å². The highest BCUT2D eigenvalue weighted by Crippen LogP contribution is 2.31. The van der Waals surface area contributed by atoms with Crippen molar-refractivity contribution in [3.63, 3.8) is 0 Å². The number of fused-ring (bicyclic) bond motifs is 1. The van der Waals surface area contributed by atoms with Gasteiger partial charge in [-0.1, -0.05) is 19.9 Å². The second-order valence-electron chi connectivity index (χ2n) is 9.03. The second kappa shape index (κ2) is 9.82. The van der Waals surface area contributed by atoms with Crippen LogP contribution in [-0.2, 0) is 20.8 Å². The SMILES string of the molecule is CC(C)CC(NC(=O)c1ccsc1)C(=O)N1CCC2C1C(=O)CN2C(=O)Cc1cccnc1. The van der Waals surface area contributed by atoms with Gasteiger partial charge in [0.15, 0.2) is 5.78 Å². The number of ketones is 1. The number of carbonyl (C=O) groups is 4. The van der Waals surface area contributed by atoms with Crippen molar-refractivity contribution in [3.05, 3.63) is 52.5 Å². The van der Waals surface area contributed by atoms with Gasteiger partial charge in [-0.2, -0.15) is 11.3 Å². The Morgan fingerprint density at radius 3 is 2.73 bits per heavy atom. The number of carbonyl (C=O) groups excluding carboxylic acids is 4.